The molecule has 0 bridgehead atoms. The summed E-state index contributed by atoms with van der Waals surface area (Å²) in [6, 6.07) is 17.2. The number of Topliss-reactive ketones (excluding diaryl/α,β-unsaturated/α-hetero) is 1. The van der Waals surface area contributed by atoms with Crippen LogP contribution < -0.4 is 10.6 Å². The van der Waals surface area contributed by atoms with Crippen LogP contribution in [0.4, 0.5) is 5.13 Å². The minimum absolute atomic E-state index is 0.0146. The lowest BCUT2D eigenvalue weighted by atomic mass is 9.68. The van der Waals surface area contributed by atoms with E-state index in [1.54, 1.807) is 11.0 Å². The van der Waals surface area contributed by atoms with E-state index in [2.05, 4.69) is 30.1 Å². The van der Waals surface area contributed by atoms with E-state index in [0.29, 0.717) is 44.9 Å². The van der Waals surface area contributed by atoms with E-state index in [1.807, 2.05) is 42.5 Å². The normalized spacial score (nSPS) is 19.2. The molecule has 1 aliphatic heterocycles. The molecule has 10 heteroatoms. The van der Waals surface area contributed by atoms with Crippen molar-refractivity contribution in [1.29, 1.82) is 5.26 Å². The lowest BCUT2D eigenvalue weighted by Crippen LogP contribution is -2.42. The van der Waals surface area contributed by atoms with Gasteiger partial charge in [-0.15, -0.1) is 10.2 Å². The maximum absolute atomic E-state index is 13.6. The first-order chi connectivity index (χ1) is 17.7. The Balaban J connectivity index is 1.59. The molecule has 0 fully saturated rings. The summed E-state index contributed by atoms with van der Waals surface area (Å²) < 4.78 is 0.734. The number of anilines is 1. The van der Waals surface area contributed by atoms with Gasteiger partial charge in [-0.25, -0.2) is 0 Å². The van der Waals surface area contributed by atoms with Crippen LogP contribution >= 0.6 is 46.3 Å². The number of hydrogen-bond acceptors (Lipinski definition) is 8. The van der Waals surface area contributed by atoms with E-state index < -0.39 is 5.92 Å². The Hall–Kier alpha value is -2.83. The van der Waals surface area contributed by atoms with Crippen molar-refractivity contribution in [2.45, 2.75) is 42.7 Å². The maximum atomic E-state index is 13.6. The van der Waals surface area contributed by atoms with E-state index in [0.717, 1.165) is 15.6 Å². The summed E-state index contributed by atoms with van der Waals surface area (Å²) >= 11 is 15.8. The van der Waals surface area contributed by atoms with Crippen molar-refractivity contribution in [3.8, 4) is 6.07 Å². The van der Waals surface area contributed by atoms with Gasteiger partial charge in [0.2, 0.25) is 5.13 Å². The molecular weight excluding hydrogens is 545 g/mol. The molecule has 6 nitrogen and oxygen atoms in total. The fraction of sp³-hybridized carbons (Fsp3) is 0.259. The van der Waals surface area contributed by atoms with Gasteiger partial charge >= 0.3 is 0 Å². The van der Waals surface area contributed by atoms with Crippen molar-refractivity contribution < 1.29 is 4.79 Å². The van der Waals surface area contributed by atoms with Gasteiger partial charge in [0.15, 0.2) is 10.1 Å². The number of carbonyl (C=O) groups is 1. The first kappa shape index (κ1) is 25.8. The number of nitrogens with two attached hydrogens (primary N) is 1. The zero-order valence-corrected chi connectivity index (χ0v) is 23.3. The molecule has 1 aliphatic carbocycles. The molecule has 0 radical (unpaired) electrons. The van der Waals surface area contributed by atoms with E-state index in [1.165, 1.54) is 23.1 Å². The molecule has 0 spiro atoms. The minimum Gasteiger partial charge on any atom is -0.384 e. The Morgan fingerprint density at radius 1 is 1.14 bits per heavy atom. The van der Waals surface area contributed by atoms with Crippen LogP contribution in [0, 0.1) is 16.7 Å². The summed E-state index contributed by atoms with van der Waals surface area (Å²) in [4.78, 5) is 15.4. The molecule has 2 aromatic carbocycles. The van der Waals surface area contributed by atoms with Crippen LogP contribution in [0.25, 0.3) is 0 Å². The van der Waals surface area contributed by atoms with Gasteiger partial charge in [0, 0.05) is 33.5 Å². The molecule has 2 N–H and O–H groups in total. The van der Waals surface area contributed by atoms with Gasteiger partial charge in [0.1, 0.15) is 5.82 Å². The number of hydrogen-bond donors (Lipinski definition) is 1. The number of nitrogens with zero attached hydrogens (tertiary/aromatic N) is 4. The third-order valence-corrected chi connectivity index (χ3v) is 9.30. The summed E-state index contributed by atoms with van der Waals surface area (Å²) in [6.45, 7) is 4.12. The number of rotatable bonds is 5. The quantitative estimate of drug-likeness (QED) is 0.329. The first-order valence-corrected chi connectivity index (χ1v) is 14.2. The highest BCUT2D eigenvalue weighted by Gasteiger charge is 2.45. The second kappa shape index (κ2) is 10.1. The van der Waals surface area contributed by atoms with Crippen molar-refractivity contribution in [2.24, 2.45) is 11.1 Å². The SMILES string of the molecule is CC1(C)CC(=O)C2=C(C1)N(c1nnc(SCc3ccccc3Cl)s1)C(N)=C(C#N)[C@H]2c1ccccc1Cl. The van der Waals surface area contributed by atoms with E-state index in [-0.39, 0.29) is 22.6 Å². The van der Waals surface area contributed by atoms with Crippen molar-refractivity contribution >= 4 is 57.2 Å². The molecule has 37 heavy (non-hydrogen) atoms. The zero-order chi connectivity index (χ0) is 26.3. The molecule has 188 valence electrons. The van der Waals surface area contributed by atoms with Gasteiger partial charge in [0.25, 0.3) is 0 Å². The van der Waals surface area contributed by atoms with Gasteiger partial charge in [-0.1, -0.05) is 96.5 Å². The molecular formula is C27H23Cl2N5OS2. The fourth-order valence-corrected chi connectivity index (χ4v) is 7.26. The van der Waals surface area contributed by atoms with E-state index >= 15 is 0 Å². The van der Waals surface area contributed by atoms with Gasteiger partial charge in [-0.2, -0.15) is 5.26 Å². The molecule has 3 aromatic rings. The summed E-state index contributed by atoms with van der Waals surface area (Å²) in [5.41, 5.74) is 9.68. The van der Waals surface area contributed by atoms with Crippen LogP contribution in [0.15, 0.2) is 75.5 Å². The fourth-order valence-electron chi connectivity index (χ4n) is 4.85. The van der Waals surface area contributed by atoms with Gasteiger partial charge < -0.3 is 5.73 Å². The molecule has 2 aliphatic rings. The molecule has 0 amide bonds. The Morgan fingerprint density at radius 2 is 1.84 bits per heavy atom. The monoisotopic (exact) mass is 567 g/mol. The lowest BCUT2D eigenvalue weighted by molar-refractivity contribution is -0.118. The van der Waals surface area contributed by atoms with Gasteiger partial charge in [-0.3, -0.25) is 9.69 Å². The smallest absolute Gasteiger partial charge is 0.219 e. The minimum atomic E-state index is -0.629. The molecule has 0 saturated heterocycles. The Kier molecular flexibility index (Phi) is 7.08. The Morgan fingerprint density at radius 3 is 2.54 bits per heavy atom. The molecule has 0 unspecified atom stereocenters. The van der Waals surface area contributed by atoms with Crippen molar-refractivity contribution in [1.82, 2.24) is 10.2 Å². The highest BCUT2D eigenvalue weighted by Crippen LogP contribution is 2.51. The van der Waals surface area contributed by atoms with Crippen LogP contribution in [0.5, 0.6) is 0 Å². The number of benzene rings is 2. The highest BCUT2D eigenvalue weighted by molar-refractivity contribution is 8.00. The Bertz CT molecular complexity index is 1500. The van der Waals surface area contributed by atoms with Crippen molar-refractivity contribution in [3.05, 3.63) is 92.4 Å². The van der Waals surface area contributed by atoms with Crippen molar-refractivity contribution in [2.75, 3.05) is 4.90 Å². The number of halogens is 2. The van der Waals surface area contributed by atoms with Crippen LogP contribution in [0.1, 0.15) is 43.7 Å². The van der Waals surface area contributed by atoms with Crippen molar-refractivity contribution in [3.63, 3.8) is 0 Å². The first-order valence-electron chi connectivity index (χ1n) is 11.6. The van der Waals surface area contributed by atoms with Gasteiger partial charge in [-0.05, 0) is 35.1 Å². The second-order valence-electron chi connectivity index (χ2n) is 9.73. The summed E-state index contributed by atoms with van der Waals surface area (Å²) in [5, 5.41) is 20.7. The van der Waals surface area contributed by atoms with Crippen LogP contribution in [-0.2, 0) is 10.5 Å². The lowest BCUT2D eigenvalue weighted by Gasteiger charge is -2.42. The molecule has 1 aromatic heterocycles. The largest absolute Gasteiger partial charge is 0.384 e. The van der Waals surface area contributed by atoms with Crippen LogP contribution in [-0.4, -0.2) is 16.0 Å². The summed E-state index contributed by atoms with van der Waals surface area (Å²) in [5.74, 6) is 0.238. The molecule has 5 rings (SSSR count). The number of aromatic nitrogens is 2. The van der Waals surface area contributed by atoms with E-state index in [4.69, 9.17) is 28.9 Å². The van der Waals surface area contributed by atoms with Crippen LogP contribution in [0.2, 0.25) is 10.0 Å². The zero-order valence-electron chi connectivity index (χ0n) is 20.2. The molecule has 2 heterocycles. The summed E-state index contributed by atoms with van der Waals surface area (Å²) in [7, 11) is 0. The maximum Gasteiger partial charge on any atom is 0.219 e. The van der Waals surface area contributed by atoms with Gasteiger partial charge in [0.05, 0.1) is 17.6 Å². The number of ketones is 1. The number of thioether (sulfide) groups is 1. The predicted octanol–water partition coefficient (Wildman–Crippen LogP) is 7.08. The summed E-state index contributed by atoms with van der Waals surface area (Å²) in [6.07, 6.45) is 0.963. The molecule has 1 atom stereocenters. The third kappa shape index (κ3) is 4.89. The molecule has 0 saturated carbocycles. The standard InChI is InChI=1S/C27H23Cl2N5OS2/c1-27(2)11-20-23(21(35)12-27)22(16-8-4-6-10-19(16)29)17(13-30)24(31)34(20)25-32-33-26(37-25)36-14-15-7-3-5-9-18(15)28/h3-10,22H,11-12,14,31H2,1-2H3/t22-/m1/s1. The van der Waals surface area contributed by atoms with E-state index in [9.17, 15) is 10.1 Å². The predicted molar refractivity (Wildman–Crippen MR) is 149 cm³/mol. The number of allylic oxidation sites excluding steroid dienone is 3. The third-order valence-electron chi connectivity index (χ3n) is 6.49. The second-order valence-corrected chi connectivity index (χ2v) is 12.7. The average molecular weight is 569 g/mol. The topological polar surface area (TPSA) is 95.9 Å². The highest BCUT2D eigenvalue weighted by atomic mass is 35.5. The number of nitriles is 1. The van der Waals surface area contributed by atoms with Crippen LogP contribution in [0.3, 0.4) is 0 Å². The number of carbonyl (C=O) groups excluding carboxylic acids is 1. The Labute approximate surface area is 233 Å². The average Bonchev–Trinajstić information content (AvgIpc) is 3.31.